The van der Waals surface area contributed by atoms with Crippen molar-refractivity contribution in [1.82, 2.24) is 4.90 Å². The SMILES string of the molecule is CCCCCCCCCc1ccc(O)c(CN(C)CC(=O)[O-])c1. The van der Waals surface area contributed by atoms with E-state index in [1.54, 1.807) is 18.0 Å². The summed E-state index contributed by atoms with van der Waals surface area (Å²) in [5, 5.41) is 20.5. The molecule has 1 aromatic rings. The zero-order chi connectivity index (χ0) is 17.1. The largest absolute Gasteiger partial charge is 0.549 e. The monoisotopic (exact) mass is 320 g/mol. The number of carbonyl (C=O) groups is 1. The van der Waals surface area contributed by atoms with Crippen molar-refractivity contribution in [3.8, 4) is 5.75 Å². The second-order valence-corrected chi connectivity index (χ2v) is 6.38. The van der Waals surface area contributed by atoms with Gasteiger partial charge in [-0.15, -0.1) is 0 Å². The van der Waals surface area contributed by atoms with Gasteiger partial charge in [0.2, 0.25) is 0 Å². The Hall–Kier alpha value is -1.55. The van der Waals surface area contributed by atoms with Gasteiger partial charge in [0.15, 0.2) is 0 Å². The van der Waals surface area contributed by atoms with E-state index in [4.69, 9.17) is 0 Å². The van der Waals surface area contributed by atoms with Crippen LogP contribution in [0.5, 0.6) is 5.75 Å². The van der Waals surface area contributed by atoms with Crippen molar-refractivity contribution in [3.63, 3.8) is 0 Å². The number of phenolic OH excluding ortho intramolecular Hbond substituents is 1. The lowest BCUT2D eigenvalue weighted by molar-refractivity contribution is -0.306. The van der Waals surface area contributed by atoms with Crippen LogP contribution in [-0.2, 0) is 17.8 Å². The Balaban J connectivity index is 2.39. The Labute approximate surface area is 140 Å². The Bertz CT molecular complexity index is 474. The van der Waals surface area contributed by atoms with Gasteiger partial charge in [-0.3, -0.25) is 4.90 Å². The van der Waals surface area contributed by atoms with Crippen molar-refractivity contribution in [2.24, 2.45) is 0 Å². The lowest BCUT2D eigenvalue weighted by Gasteiger charge is -2.18. The summed E-state index contributed by atoms with van der Waals surface area (Å²) >= 11 is 0. The molecular weight excluding hydrogens is 290 g/mol. The van der Waals surface area contributed by atoms with E-state index in [1.807, 2.05) is 12.1 Å². The minimum absolute atomic E-state index is 0.137. The summed E-state index contributed by atoms with van der Waals surface area (Å²) in [6.07, 6.45) is 9.97. The first-order valence-electron chi connectivity index (χ1n) is 8.72. The third-order valence-electron chi connectivity index (χ3n) is 4.05. The molecule has 0 heterocycles. The Morgan fingerprint density at radius 3 is 2.43 bits per heavy atom. The predicted octanol–water partition coefficient (Wildman–Crippen LogP) is 2.87. The lowest BCUT2D eigenvalue weighted by atomic mass is 10.0. The number of aromatic hydroxyl groups is 1. The zero-order valence-electron chi connectivity index (χ0n) is 14.5. The molecule has 1 aromatic carbocycles. The maximum atomic E-state index is 10.6. The van der Waals surface area contributed by atoms with Crippen LogP contribution in [-0.4, -0.2) is 29.6 Å². The number of hydrogen-bond donors (Lipinski definition) is 1. The molecule has 0 amide bonds. The highest BCUT2D eigenvalue weighted by molar-refractivity contribution is 5.66. The summed E-state index contributed by atoms with van der Waals surface area (Å²) in [4.78, 5) is 12.2. The summed E-state index contributed by atoms with van der Waals surface area (Å²) in [6.45, 7) is 2.50. The average Bonchev–Trinajstić information content (AvgIpc) is 2.48. The Kier molecular flexibility index (Phi) is 9.37. The number of benzene rings is 1. The quantitative estimate of drug-likeness (QED) is 0.602. The lowest BCUT2D eigenvalue weighted by Crippen LogP contribution is -2.35. The van der Waals surface area contributed by atoms with Gasteiger partial charge in [-0.05, 0) is 31.5 Å². The smallest absolute Gasteiger partial charge is 0.120 e. The molecule has 4 nitrogen and oxygen atoms in total. The van der Waals surface area contributed by atoms with E-state index in [9.17, 15) is 15.0 Å². The Morgan fingerprint density at radius 1 is 1.13 bits per heavy atom. The number of unbranched alkanes of at least 4 members (excludes halogenated alkanes) is 6. The number of rotatable bonds is 12. The number of hydrogen-bond acceptors (Lipinski definition) is 4. The maximum Gasteiger partial charge on any atom is 0.120 e. The first kappa shape index (κ1) is 19.5. The fourth-order valence-corrected chi connectivity index (χ4v) is 2.77. The van der Waals surface area contributed by atoms with Crippen LogP contribution in [0.25, 0.3) is 0 Å². The molecule has 0 aliphatic carbocycles. The van der Waals surface area contributed by atoms with Gasteiger partial charge in [-0.25, -0.2) is 0 Å². The second kappa shape index (κ2) is 11.1. The van der Waals surface area contributed by atoms with E-state index < -0.39 is 5.97 Å². The van der Waals surface area contributed by atoms with E-state index in [1.165, 1.54) is 44.1 Å². The first-order valence-corrected chi connectivity index (χ1v) is 8.72. The van der Waals surface area contributed by atoms with Gasteiger partial charge >= 0.3 is 0 Å². The number of aryl methyl sites for hydroxylation is 1. The van der Waals surface area contributed by atoms with Gasteiger partial charge in [-0.1, -0.05) is 57.6 Å². The molecule has 0 saturated heterocycles. The summed E-state index contributed by atoms with van der Waals surface area (Å²) in [7, 11) is 1.71. The van der Waals surface area contributed by atoms with Crippen LogP contribution in [0.15, 0.2) is 18.2 Å². The minimum atomic E-state index is -1.11. The highest BCUT2D eigenvalue weighted by atomic mass is 16.4. The molecule has 0 radical (unpaired) electrons. The third kappa shape index (κ3) is 8.60. The number of carboxylic acid groups (broad SMARTS) is 1. The molecule has 0 aliphatic heterocycles. The number of carboxylic acids is 1. The van der Waals surface area contributed by atoms with Crippen LogP contribution >= 0.6 is 0 Å². The van der Waals surface area contributed by atoms with Gasteiger partial charge in [-0.2, -0.15) is 0 Å². The van der Waals surface area contributed by atoms with Crippen molar-refractivity contribution in [1.29, 1.82) is 0 Å². The van der Waals surface area contributed by atoms with Crippen molar-refractivity contribution < 1.29 is 15.0 Å². The summed E-state index contributed by atoms with van der Waals surface area (Å²) in [6, 6.07) is 5.64. The normalized spacial score (nSPS) is 11.1. The van der Waals surface area contributed by atoms with Crippen molar-refractivity contribution in [3.05, 3.63) is 29.3 Å². The molecular formula is C19H30NO3-. The fourth-order valence-electron chi connectivity index (χ4n) is 2.77. The van der Waals surface area contributed by atoms with Gasteiger partial charge in [0.25, 0.3) is 0 Å². The molecule has 4 heteroatoms. The molecule has 0 spiro atoms. The Morgan fingerprint density at radius 2 is 1.78 bits per heavy atom. The molecule has 1 N–H and O–H groups in total. The number of likely N-dealkylation sites (N-methyl/N-ethyl adjacent to an activating group) is 1. The third-order valence-corrected chi connectivity index (χ3v) is 4.05. The first-order chi connectivity index (χ1) is 11.0. The summed E-state index contributed by atoms with van der Waals surface area (Å²) < 4.78 is 0. The molecule has 0 bridgehead atoms. The summed E-state index contributed by atoms with van der Waals surface area (Å²) in [5.74, 6) is -0.885. The predicted molar refractivity (Wildman–Crippen MR) is 91.1 cm³/mol. The molecule has 0 aromatic heterocycles. The van der Waals surface area contributed by atoms with E-state index in [0.717, 1.165) is 18.4 Å². The van der Waals surface area contributed by atoms with Gasteiger partial charge < -0.3 is 15.0 Å². The highest BCUT2D eigenvalue weighted by Crippen LogP contribution is 2.21. The van der Waals surface area contributed by atoms with E-state index in [0.29, 0.717) is 6.54 Å². The van der Waals surface area contributed by atoms with E-state index in [-0.39, 0.29) is 12.3 Å². The zero-order valence-corrected chi connectivity index (χ0v) is 14.5. The molecule has 1 rings (SSSR count). The van der Waals surface area contributed by atoms with Crippen molar-refractivity contribution >= 4 is 5.97 Å². The van der Waals surface area contributed by atoms with Crippen molar-refractivity contribution in [2.75, 3.05) is 13.6 Å². The van der Waals surface area contributed by atoms with Crippen molar-refractivity contribution in [2.45, 2.75) is 64.8 Å². The second-order valence-electron chi connectivity index (χ2n) is 6.38. The van der Waals surface area contributed by atoms with Gasteiger partial charge in [0.05, 0.1) is 5.97 Å². The van der Waals surface area contributed by atoms with Crippen LogP contribution in [0.1, 0.15) is 63.0 Å². The molecule has 0 saturated carbocycles. The van der Waals surface area contributed by atoms with Crippen LogP contribution in [0.3, 0.4) is 0 Å². The molecule has 130 valence electrons. The molecule has 0 aliphatic rings. The fraction of sp³-hybridized carbons (Fsp3) is 0.632. The number of phenols is 1. The van der Waals surface area contributed by atoms with Crippen LogP contribution in [0, 0.1) is 0 Å². The molecule has 0 atom stereocenters. The van der Waals surface area contributed by atoms with Crippen LogP contribution in [0.4, 0.5) is 0 Å². The van der Waals surface area contributed by atoms with E-state index in [2.05, 4.69) is 6.92 Å². The number of nitrogens with zero attached hydrogens (tertiary/aromatic N) is 1. The topological polar surface area (TPSA) is 63.6 Å². The minimum Gasteiger partial charge on any atom is -0.549 e. The average molecular weight is 320 g/mol. The van der Waals surface area contributed by atoms with E-state index >= 15 is 0 Å². The highest BCUT2D eigenvalue weighted by Gasteiger charge is 2.07. The summed E-state index contributed by atoms with van der Waals surface area (Å²) in [5.41, 5.74) is 1.97. The maximum absolute atomic E-state index is 10.6. The molecule has 0 unspecified atom stereocenters. The van der Waals surface area contributed by atoms with Gasteiger partial charge in [0, 0.05) is 18.7 Å². The van der Waals surface area contributed by atoms with Gasteiger partial charge in [0.1, 0.15) is 5.75 Å². The molecule has 23 heavy (non-hydrogen) atoms. The number of aliphatic carboxylic acids is 1. The number of carbonyl (C=O) groups excluding carboxylic acids is 1. The molecule has 0 fully saturated rings. The standard InChI is InChI=1S/C19H31NO3/c1-3-4-5-6-7-8-9-10-16-11-12-18(21)17(13-16)14-20(2)15-19(22)23/h11-13,21H,3-10,14-15H2,1-2H3,(H,22,23)/p-1. The van der Waals surface area contributed by atoms with Crippen LogP contribution in [0.2, 0.25) is 0 Å². The van der Waals surface area contributed by atoms with Crippen LogP contribution < -0.4 is 5.11 Å².